The van der Waals surface area contributed by atoms with Crippen molar-refractivity contribution in [1.82, 2.24) is 9.80 Å². The Bertz CT molecular complexity index is 446. The molecule has 1 saturated heterocycles. The number of urea groups is 1. The van der Waals surface area contributed by atoms with E-state index in [2.05, 4.69) is 13.5 Å². The number of carbonyl (C=O) groups excluding carboxylic acids is 3. The molecule has 0 unspecified atom stereocenters. The van der Waals surface area contributed by atoms with Crippen molar-refractivity contribution in [3.05, 3.63) is 12.2 Å². The largest absolute Gasteiger partial charge is 0.333 e. The Balaban J connectivity index is 2.15. The van der Waals surface area contributed by atoms with Crippen LogP contribution in [0.4, 0.5) is 4.79 Å². The second-order valence-electron chi connectivity index (χ2n) is 6.26. The third-order valence-electron chi connectivity index (χ3n) is 4.32. The Morgan fingerprint density at radius 3 is 1.78 bits per heavy atom. The number of likely N-dealkylation sites (N-methyl/N-ethyl adjacent to an activating group) is 1. The first-order valence-corrected chi connectivity index (χ1v) is 8.83. The number of unbranched alkanes of at least 4 members (excludes halogenated alkanes) is 9. The third-order valence-corrected chi connectivity index (χ3v) is 4.32. The number of hydrogen-bond acceptors (Lipinski definition) is 3. The fourth-order valence-corrected chi connectivity index (χ4v) is 2.77. The first-order valence-electron chi connectivity index (χ1n) is 8.83. The third kappa shape index (κ3) is 5.81. The smallest absolute Gasteiger partial charge is 0.268 e. The van der Waals surface area contributed by atoms with Crippen molar-refractivity contribution in [1.29, 1.82) is 0 Å². The van der Waals surface area contributed by atoms with E-state index in [0.717, 1.165) is 29.1 Å². The molecule has 0 bridgehead atoms. The van der Waals surface area contributed by atoms with Gasteiger partial charge in [0, 0.05) is 13.6 Å². The molecule has 0 aromatic rings. The van der Waals surface area contributed by atoms with Crippen LogP contribution in [0, 0.1) is 0 Å². The van der Waals surface area contributed by atoms with E-state index in [1.807, 2.05) is 0 Å². The standard InChI is InChI=1S/C18H30N2O3/c1-4-5-6-7-8-9-10-11-12-13-14-20-17(22)15(2)16(21)19(3)18(20)23/h2,4-14H2,1,3H3. The predicted molar refractivity (Wildman–Crippen MR) is 90.9 cm³/mol. The average Bonchev–Trinajstić information content (AvgIpc) is 2.55. The normalized spacial score (nSPS) is 15.7. The van der Waals surface area contributed by atoms with Gasteiger partial charge in [-0.3, -0.25) is 19.4 Å². The molecule has 1 fully saturated rings. The lowest BCUT2D eigenvalue weighted by molar-refractivity contribution is -0.135. The van der Waals surface area contributed by atoms with Crippen LogP contribution in [-0.2, 0) is 9.59 Å². The number of hydrogen-bond donors (Lipinski definition) is 0. The van der Waals surface area contributed by atoms with E-state index in [0.29, 0.717) is 6.54 Å². The molecule has 1 aliphatic heterocycles. The lowest BCUT2D eigenvalue weighted by Gasteiger charge is -2.31. The Morgan fingerprint density at radius 2 is 1.26 bits per heavy atom. The summed E-state index contributed by atoms with van der Waals surface area (Å²) in [4.78, 5) is 37.6. The summed E-state index contributed by atoms with van der Waals surface area (Å²) in [6.45, 7) is 6.06. The van der Waals surface area contributed by atoms with E-state index in [9.17, 15) is 14.4 Å². The van der Waals surface area contributed by atoms with Crippen LogP contribution in [0.25, 0.3) is 0 Å². The molecular weight excluding hydrogens is 292 g/mol. The van der Waals surface area contributed by atoms with E-state index in [1.54, 1.807) is 0 Å². The van der Waals surface area contributed by atoms with Crippen molar-refractivity contribution in [2.24, 2.45) is 0 Å². The van der Waals surface area contributed by atoms with Crippen LogP contribution in [-0.4, -0.2) is 41.2 Å². The van der Waals surface area contributed by atoms with Gasteiger partial charge in [0.2, 0.25) is 0 Å². The van der Waals surface area contributed by atoms with Gasteiger partial charge in [-0.05, 0) is 6.42 Å². The van der Waals surface area contributed by atoms with Crippen molar-refractivity contribution in [3.8, 4) is 0 Å². The van der Waals surface area contributed by atoms with Gasteiger partial charge >= 0.3 is 6.03 Å². The van der Waals surface area contributed by atoms with Crippen molar-refractivity contribution in [2.45, 2.75) is 71.1 Å². The highest BCUT2D eigenvalue weighted by Crippen LogP contribution is 2.16. The molecule has 0 radical (unpaired) electrons. The summed E-state index contributed by atoms with van der Waals surface area (Å²) in [7, 11) is 1.38. The molecule has 5 nitrogen and oxygen atoms in total. The van der Waals surface area contributed by atoms with Gasteiger partial charge in [-0.1, -0.05) is 71.3 Å². The average molecular weight is 322 g/mol. The molecule has 0 atom stereocenters. The lowest BCUT2D eigenvalue weighted by atomic mass is 10.1. The summed E-state index contributed by atoms with van der Waals surface area (Å²) in [5, 5.41) is 0. The minimum atomic E-state index is -0.598. The monoisotopic (exact) mass is 322 g/mol. The molecule has 130 valence electrons. The van der Waals surface area contributed by atoms with E-state index in [1.165, 1.54) is 52.0 Å². The predicted octanol–water partition coefficient (Wildman–Crippen LogP) is 3.88. The summed E-state index contributed by atoms with van der Waals surface area (Å²) >= 11 is 0. The summed E-state index contributed by atoms with van der Waals surface area (Å²) in [6.07, 6.45) is 12.0. The van der Waals surface area contributed by atoms with Crippen LogP contribution in [0.1, 0.15) is 71.1 Å². The Labute approximate surface area is 139 Å². The molecule has 23 heavy (non-hydrogen) atoms. The first kappa shape index (κ1) is 19.4. The van der Waals surface area contributed by atoms with Crippen LogP contribution in [0.5, 0.6) is 0 Å². The van der Waals surface area contributed by atoms with Gasteiger partial charge in [0.25, 0.3) is 11.8 Å². The van der Waals surface area contributed by atoms with E-state index in [-0.39, 0.29) is 5.57 Å². The molecule has 0 saturated carbocycles. The zero-order valence-corrected chi connectivity index (χ0v) is 14.6. The highest BCUT2D eigenvalue weighted by Gasteiger charge is 2.38. The lowest BCUT2D eigenvalue weighted by Crippen LogP contribution is -2.54. The SMILES string of the molecule is C=C1C(=O)N(C)C(=O)N(CCCCCCCCCCCC)C1=O. The molecule has 0 aliphatic carbocycles. The topological polar surface area (TPSA) is 57.7 Å². The van der Waals surface area contributed by atoms with Gasteiger partial charge in [0.15, 0.2) is 0 Å². The van der Waals surface area contributed by atoms with Crippen molar-refractivity contribution >= 4 is 17.8 Å². The highest BCUT2D eigenvalue weighted by molar-refractivity contribution is 6.28. The maximum atomic E-state index is 12.0. The summed E-state index contributed by atoms with van der Waals surface area (Å²) in [6, 6.07) is -0.539. The van der Waals surface area contributed by atoms with Crippen molar-refractivity contribution in [2.75, 3.05) is 13.6 Å². The maximum absolute atomic E-state index is 12.0. The minimum Gasteiger partial charge on any atom is -0.268 e. The second-order valence-corrected chi connectivity index (χ2v) is 6.26. The molecule has 0 spiro atoms. The number of amides is 4. The zero-order valence-electron chi connectivity index (χ0n) is 14.6. The molecule has 1 rings (SSSR count). The molecule has 1 aliphatic rings. The summed E-state index contributed by atoms with van der Waals surface area (Å²) < 4.78 is 0. The fraction of sp³-hybridized carbons (Fsp3) is 0.722. The molecule has 5 heteroatoms. The number of imide groups is 2. The molecule has 1 heterocycles. The summed E-state index contributed by atoms with van der Waals surface area (Å²) in [5.41, 5.74) is -0.126. The highest BCUT2D eigenvalue weighted by atomic mass is 16.2. The van der Waals surface area contributed by atoms with Gasteiger partial charge in [-0.2, -0.15) is 0 Å². The van der Waals surface area contributed by atoms with E-state index < -0.39 is 17.8 Å². The van der Waals surface area contributed by atoms with Crippen LogP contribution < -0.4 is 0 Å². The van der Waals surface area contributed by atoms with Crippen molar-refractivity contribution < 1.29 is 14.4 Å². The van der Waals surface area contributed by atoms with E-state index >= 15 is 0 Å². The van der Waals surface area contributed by atoms with Crippen LogP contribution in [0.2, 0.25) is 0 Å². The van der Waals surface area contributed by atoms with Crippen LogP contribution >= 0.6 is 0 Å². The first-order chi connectivity index (χ1) is 11.0. The molecule has 0 aromatic carbocycles. The fourth-order valence-electron chi connectivity index (χ4n) is 2.77. The molecular formula is C18H30N2O3. The van der Waals surface area contributed by atoms with Crippen molar-refractivity contribution in [3.63, 3.8) is 0 Å². The number of barbiturate groups is 1. The maximum Gasteiger partial charge on any atom is 0.333 e. The van der Waals surface area contributed by atoms with Gasteiger partial charge in [0.1, 0.15) is 0 Å². The Morgan fingerprint density at radius 1 is 0.783 bits per heavy atom. The van der Waals surface area contributed by atoms with Crippen LogP contribution in [0.3, 0.4) is 0 Å². The van der Waals surface area contributed by atoms with E-state index in [4.69, 9.17) is 0 Å². The molecule has 0 aromatic heterocycles. The number of rotatable bonds is 11. The van der Waals surface area contributed by atoms with Gasteiger partial charge in [-0.15, -0.1) is 0 Å². The molecule has 4 amide bonds. The minimum absolute atomic E-state index is 0.126. The quantitative estimate of drug-likeness (QED) is 0.329. The van der Waals surface area contributed by atoms with Gasteiger partial charge in [0.05, 0.1) is 5.57 Å². The number of nitrogens with zero attached hydrogens (tertiary/aromatic N) is 2. The van der Waals surface area contributed by atoms with Gasteiger partial charge in [-0.25, -0.2) is 4.79 Å². The summed E-state index contributed by atoms with van der Waals surface area (Å²) in [5.74, 6) is -1.15. The Hall–Kier alpha value is -1.65. The van der Waals surface area contributed by atoms with Gasteiger partial charge < -0.3 is 0 Å². The number of carbonyl (C=O) groups is 3. The van der Waals surface area contributed by atoms with Crippen LogP contribution in [0.15, 0.2) is 12.2 Å². The molecule has 0 N–H and O–H groups in total. The second kappa shape index (κ2) is 10.2. The Kier molecular flexibility index (Phi) is 8.59. The zero-order chi connectivity index (χ0) is 17.2.